The van der Waals surface area contributed by atoms with Crippen molar-refractivity contribution in [1.82, 2.24) is 9.80 Å². The molecule has 1 aliphatic rings. The van der Waals surface area contributed by atoms with E-state index in [2.05, 4.69) is 21.8 Å². The van der Waals surface area contributed by atoms with Gasteiger partial charge in [-0.3, -0.25) is 0 Å². The van der Waals surface area contributed by atoms with Gasteiger partial charge >= 0.3 is 0 Å². The summed E-state index contributed by atoms with van der Waals surface area (Å²) in [5.41, 5.74) is 0.821. The molecule has 2 aromatic carbocycles. The summed E-state index contributed by atoms with van der Waals surface area (Å²) >= 11 is 5.90. The van der Waals surface area contributed by atoms with Crippen LogP contribution in [0.3, 0.4) is 0 Å². The molecule has 120 valence electrons. The third-order valence-electron chi connectivity index (χ3n) is 3.80. The maximum atomic E-state index is 5.92. The smallest absolute Gasteiger partial charge is 0.153 e. The van der Waals surface area contributed by atoms with Crippen LogP contribution >= 0.6 is 11.6 Å². The molecule has 0 bridgehead atoms. The first-order chi connectivity index (χ1) is 11.2. The highest BCUT2D eigenvalue weighted by Gasteiger charge is 2.11. The van der Waals surface area contributed by atoms with E-state index in [1.807, 2.05) is 54.9 Å². The largest absolute Gasteiger partial charge is 0.455 e. The number of para-hydroxylation sites is 2. The van der Waals surface area contributed by atoms with Gasteiger partial charge in [0.1, 0.15) is 11.4 Å². The standard InChI is InChI=1S/C18H20ClN3O/c1-21-10-12-22(13-11-21)14-20-17-4-2-3-5-18(17)23-16-8-6-15(19)7-9-16/h2-9,14H,10-13H2,1H3. The summed E-state index contributed by atoms with van der Waals surface area (Å²) in [6.07, 6.45) is 1.91. The fourth-order valence-corrected chi connectivity index (χ4v) is 2.49. The zero-order valence-corrected chi connectivity index (χ0v) is 13.9. The lowest BCUT2D eigenvalue weighted by atomic mass is 10.3. The fraction of sp³-hybridized carbons (Fsp3) is 0.278. The molecule has 1 heterocycles. The third kappa shape index (κ3) is 4.47. The first-order valence-corrected chi connectivity index (χ1v) is 8.08. The number of hydrogen-bond acceptors (Lipinski definition) is 3. The van der Waals surface area contributed by atoms with Crippen molar-refractivity contribution in [2.24, 2.45) is 4.99 Å². The van der Waals surface area contributed by atoms with Gasteiger partial charge in [0.25, 0.3) is 0 Å². The van der Waals surface area contributed by atoms with Gasteiger partial charge in [-0.05, 0) is 43.4 Å². The SMILES string of the molecule is CN1CCN(C=Nc2ccccc2Oc2ccc(Cl)cc2)CC1. The molecular formula is C18H20ClN3O. The van der Waals surface area contributed by atoms with Crippen molar-refractivity contribution >= 4 is 23.6 Å². The lowest BCUT2D eigenvalue weighted by molar-refractivity contribution is 0.219. The topological polar surface area (TPSA) is 28.1 Å². The quantitative estimate of drug-likeness (QED) is 0.626. The Labute approximate surface area is 142 Å². The Morgan fingerprint density at radius 3 is 2.43 bits per heavy atom. The number of ether oxygens (including phenoxy) is 1. The van der Waals surface area contributed by atoms with E-state index in [1.165, 1.54) is 0 Å². The number of rotatable bonds is 4. The van der Waals surface area contributed by atoms with Crippen molar-refractivity contribution in [2.45, 2.75) is 0 Å². The molecule has 0 spiro atoms. The molecular weight excluding hydrogens is 310 g/mol. The highest BCUT2D eigenvalue weighted by Crippen LogP contribution is 2.31. The second-order valence-electron chi connectivity index (χ2n) is 5.61. The van der Waals surface area contributed by atoms with Gasteiger partial charge in [0.05, 0.1) is 6.34 Å². The highest BCUT2D eigenvalue weighted by atomic mass is 35.5. The van der Waals surface area contributed by atoms with Crippen molar-refractivity contribution < 1.29 is 4.74 Å². The molecule has 0 atom stereocenters. The van der Waals surface area contributed by atoms with E-state index in [0.717, 1.165) is 43.4 Å². The number of nitrogens with zero attached hydrogens (tertiary/aromatic N) is 3. The first-order valence-electron chi connectivity index (χ1n) is 7.70. The molecule has 2 aromatic rings. The van der Waals surface area contributed by atoms with Crippen LogP contribution < -0.4 is 4.74 Å². The van der Waals surface area contributed by atoms with Crippen molar-refractivity contribution in [2.75, 3.05) is 33.2 Å². The summed E-state index contributed by atoms with van der Waals surface area (Å²) in [7, 11) is 2.14. The molecule has 0 aliphatic carbocycles. The van der Waals surface area contributed by atoms with Gasteiger partial charge in [0, 0.05) is 31.2 Å². The van der Waals surface area contributed by atoms with Crippen LogP contribution in [-0.4, -0.2) is 49.4 Å². The molecule has 1 fully saturated rings. The van der Waals surface area contributed by atoms with Gasteiger partial charge in [0.15, 0.2) is 5.75 Å². The summed E-state index contributed by atoms with van der Waals surface area (Å²) in [4.78, 5) is 9.16. The predicted octanol–water partition coefficient (Wildman–Crippen LogP) is 4.04. The normalized spacial score (nSPS) is 16.0. The summed E-state index contributed by atoms with van der Waals surface area (Å²) in [5, 5.41) is 0.693. The number of aliphatic imine (C=N–C) groups is 1. The molecule has 5 heteroatoms. The predicted molar refractivity (Wildman–Crippen MR) is 95.2 cm³/mol. The van der Waals surface area contributed by atoms with Crippen LogP contribution in [-0.2, 0) is 0 Å². The van der Waals surface area contributed by atoms with Gasteiger partial charge in [-0.1, -0.05) is 23.7 Å². The van der Waals surface area contributed by atoms with Crippen molar-refractivity contribution in [3.8, 4) is 11.5 Å². The van der Waals surface area contributed by atoms with E-state index < -0.39 is 0 Å². The van der Waals surface area contributed by atoms with Crippen molar-refractivity contribution in [3.05, 3.63) is 53.6 Å². The molecule has 3 rings (SSSR count). The minimum absolute atomic E-state index is 0.693. The molecule has 0 N–H and O–H groups in total. The molecule has 0 amide bonds. The van der Waals surface area contributed by atoms with Crippen LogP contribution in [0.4, 0.5) is 5.69 Å². The highest BCUT2D eigenvalue weighted by molar-refractivity contribution is 6.30. The molecule has 0 unspecified atom stereocenters. The van der Waals surface area contributed by atoms with Gasteiger partial charge in [-0.25, -0.2) is 4.99 Å². The Morgan fingerprint density at radius 1 is 1.00 bits per heavy atom. The molecule has 4 nitrogen and oxygen atoms in total. The number of halogens is 1. The van der Waals surface area contributed by atoms with Crippen LogP contribution in [0.5, 0.6) is 11.5 Å². The van der Waals surface area contributed by atoms with E-state index in [9.17, 15) is 0 Å². The number of piperazine rings is 1. The number of likely N-dealkylation sites (N-methyl/N-ethyl adjacent to an activating group) is 1. The molecule has 0 saturated carbocycles. The Morgan fingerprint density at radius 2 is 1.70 bits per heavy atom. The van der Waals surface area contributed by atoms with Crippen LogP contribution in [0.15, 0.2) is 53.5 Å². The van der Waals surface area contributed by atoms with Crippen molar-refractivity contribution in [1.29, 1.82) is 0 Å². The molecule has 0 aromatic heterocycles. The summed E-state index contributed by atoms with van der Waals surface area (Å²) in [6.45, 7) is 4.13. The first kappa shape index (κ1) is 15.8. The molecule has 23 heavy (non-hydrogen) atoms. The number of hydrogen-bond donors (Lipinski definition) is 0. The van der Waals surface area contributed by atoms with Gasteiger partial charge in [-0.15, -0.1) is 0 Å². The van der Waals surface area contributed by atoms with Crippen LogP contribution in [0.25, 0.3) is 0 Å². The van der Waals surface area contributed by atoms with E-state index in [1.54, 1.807) is 0 Å². The van der Waals surface area contributed by atoms with E-state index in [4.69, 9.17) is 16.3 Å². The second-order valence-corrected chi connectivity index (χ2v) is 6.04. The average Bonchev–Trinajstić information content (AvgIpc) is 2.58. The Hall–Kier alpha value is -2.04. The van der Waals surface area contributed by atoms with Crippen LogP contribution in [0.1, 0.15) is 0 Å². The van der Waals surface area contributed by atoms with Gasteiger partial charge < -0.3 is 14.5 Å². The van der Waals surface area contributed by atoms with Gasteiger partial charge in [-0.2, -0.15) is 0 Å². The monoisotopic (exact) mass is 329 g/mol. The summed E-state index contributed by atoms with van der Waals surface area (Å²) in [6, 6.07) is 15.1. The Bertz CT molecular complexity index is 664. The Balaban J connectivity index is 1.71. The second kappa shape index (κ2) is 7.49. The van der Waals surface area contributed by atoms with Crippen LogP contribution in [0.2, 0.25) is 5.02 Å². The molecule has 1 saturated heterocycles. The Kier molecular flexibility index (Phi) is 5.16. The minimum atomic E-state index is 0.693. The maximum absolute atomic E-state index is 5.92. The molecule has 0 radical (unpaired) electrons. The average molecular weight is 330 g/mol. The summed E-state index contributed by atoms with van der Waals surface area (Å²) < 4.78 is 5.92. The summed E-state index contributed by atoms with van der Waals surface area (Å²) in [5.74, 6) is 1.48. The maximum Gasteiger partial charge on any atom is 0.153 e. The fourth-order valence-electron chi connectivity index (χ4n) is 2.36. The molecule has 1 aliphatic heterocycles. The zero-order chi connectivity index (χ0) is 16.1. The minimum Gasteiger partial charge on any atom is -0.455 e. The third-order valence-corrected chi connectivity index (χ3v) is 4.06. The van der Waals surface area contributed by atoms with Gasteiger partial charge in [0.2, 0.25) is 0 Å². The lowest BCUT2D eigenvalue weighted by Crippen LogP contribution is -2.43. The number of benzene rings is 2. The lowest BCUT2D eigenvalue weighted by Gasteiger charge is -2.30. The zero-order valence-electron chi connectivity index (χ0n) is 13.2. The van der Waals surface area contributed by atoms with Crippen LogP contribution in [0, 0.1) is 0 Å². The van der Waals surface area contributed by atoms with E-state index >= 15 is 0 Å². The van der Waals surface area contributed by atoms with Crippen molar-refractivity contribution in [3.63, 3.8) is 0 Å². The van der Waals surface area contributed by atoms with E-state index in [-0.39, 0.29) is 0 Å². The van der Waals surface area contributed by atoms with E-state index in [0.29, 0.717) is 5.02 Å².